The van der Waals surface area contributed by atoms with Crippen LogP contribution in [0.5, 0.6) is 11.6 Å². The number of ether oxygens (including phenoxy) is 3. The van der Waals surface area contributed by atoms with Crippen LogP contribution in [0.2, 0.25) is 0 Å². The van der Waals surface area contributed by atoms with E-state index >= 15 is 0 Å². The van der Waals surface area contributed by atoms with Crippen molar-refractivity contribution in [1.29, 1.82) is 0 Å². The average molecular weight is 563 g/mol. The van der Waals surface area contributed by atoms with Gasteiger partial charge in [-0.05, 0) is 42.3 Å². The Morgan fingerprint density at radius 3 is 2.59 bits per heavy atom. The van der Waals surface area contributed by atoms with Crippen molar-refractivity contribution in [3.05, 3.63) is 95.4 Å². The molecule has 0 spiro atoms. The second-order valence-electron chi connectivity index (χ2n) is 8.70. The highest BCUT2D eigenvalue weighted by Gasteiger charge is 2.16. The molecule has 0 unspecified atom stereocenters. The fourth-order valence-corrected chi connectivity index (χ4v) is 3.72. The van der Waals surface area contributed by atoms with Gasteiger partial charge in [0.05, 0.1) is 19.4 Å². The first-order valence-electron chi connectivity index (χ1n) is 13.1. The fourth-order valence-electron chi connectivity index (χ4n) is 3.72. The number of hydrogen-bond donors (Lipinski definition) is 2. The standard InChI is InChI=1S/C29H31FN6O5/c1-2-31-28(37)23-8-9-25(26(17-23)40-15-14-39-13-11-30)36-19-24(34-35-36)29(38)33-18-22-10-12-32-27(16-22)41-20-21-6-4-3-5-7-21/h3-10,12,16-17,19H,2,11,13-15,18,20H2,1H3,(H,31,37)(H,33,38). The number of pyridine rings is 1. The molecular formula is C29H31FN6O5. The van der Waals surface area contributed by atoms with E-state index in [0.717, 1.165) is 11.1 Å². The molecule has 2 amide bonds. The number of nitrogens with zero attached hydrogens (tertiary/aromatic N) is 4. The van der Waals surface area contributed by atoms with Gasteiger partial charge in [0.2, 0.25) is 5.88 Å². The number of hydrogen-bond acceptors (Lipinski definition) is 8. The zero-order chi connectivity index (χ0) is 28.9. The maximum absolute atomic E-state index is 12.8. The molecule has 214 valence electrons. The lowest BCUT2D eigenvalue weighted by atomic mass is 10.1. The summed E-state index contributed by atoms with van der Waals surface area (Å²) >= 11 is 0. The van der Waals surface area contributed by atoms with E-state index in [1.54, 1.807) is 36.5 Å². The number of rotatable bonds is 15. The molecule has 4 aromatic rings. The minimum Gasteiger partial charge on any atom is -0.489 e. The Morgan fingerprint density at radius 2 is 1.78 bits per heavy atom. The number of halogens is 1. The smallest absolute Gasteiger partial charge is 0.273 e. The molecule has 2 aromatic heterocycles. The molecule has 2 aromatic carbocycles. The summed E-state index contributed by atoms with van der Waals surface area (Å²) in [6.07, 6.45) is 3.08. The summed E-state index contributed by atoms with van der Waals surface area (Å²) in [6, 6.07) is 18.1. The van der Waals surface area contributed by atoms with Crippen LogP contribution < -0.4 is 20.1 Å². The van der Waals surface area contributed by atoms with Gasteiger partial charge in [0.1, 0.15) is 31.3 Å². The number of carbonyl (C=O) groups is 2. The van der Waals surface area contributed by atoms with Crippen LogP contribution in [-0.4, -0.2) is 64.8 Å². The van der Waals surface area contributed by atoms with Crippen LogP contribution in [0.15, 0.2) is 73.1 Å². The van der Waals surface area contributed by atoms with Crippen molar-refractivity contribution in [3.8, 4) is 17.3 Å². The van der Waals surface area contributed by atoms with Crippen LogP contribution >= 0.6 is 0 Å². The third-order valence-electron chi connectivity index (χ3n) is 5.72. The van der Waals surface area contributed by atoms with Gasteiger partial charge in [0.15, 0.2) is 5.69 Å². The quantitative estimate of drug-likeness (QED) is 0.211. The summed E-state index contributed by atoms with van der Waals surface area (Å²) in [5.74, 6) is 0.0846. The highest BCUT2D eigenvalue weighted by Crippen LogP contribution is 2.24. The minimum absolute atomic E-state index is 0.0295. The minimum atomic E-state index is -0.591. The molecule has 0 atom stereocenters. The molecule has 2 heterocycles. The topological polar surface area (TPSA) is 129 Å². The highest BCUT2D eigenvalue weighted by atomic mass is 19.1. The maximum Gasteiger partial charge on any atom is 0.273 e. The number of carbonyl (C=O) groups excluding carboxylic acids is 2. The first-order valence-corrected chi connectivity index (χ1v) is 13.1. The second kappa shape index (κ2) is 15.1. The van der Waals surface area contributed by atoms with Crippen LogP contribution in [0.25, 0.3) is 5.69 Å². The predicted molar refractivity (Wildman–Crippen MR) is 148 cm³/mol. The molecular weight excluding hydrogens is 531 g/mol. The summed E-state index contributed by atoms with van der Waals surface area (Å²) in [5, 5.41) is 13.6. The van der Waals surface area contributed by atoms with E-state index in [-0.39, 0.29) is 38.0 Å². The van der Waals surface area contributed by atoms with Gasteiger partial charge in [-0.1, -0.05) is 35.5 Å². The lowest BCUT2D eigenvalue weighted by molar-refractivity contribution is 0.0894. The summed E-state index contributed by atoms with van der Waals surface area (Å²) in [6.45, 7) is 2.56. The average Bonchev–Trinajstić information content (AvgIpc) is 3.50. The van der Waals surface area contributed by atoms with Crippen LogP contribution in [0.1, 0.15) is 38.9 Å². The Labute approximate surface area is 236 Å². The van der Waals surface area contributed by atoms with Crippen molar-refractivity contribution < 1.29 is 28.2 Å². The molecule has 0 saturated carbocycles. The molecule has 4 rings (SSSR count). The van der Waals surface area contributed by atoms with Gasteiger partial charge in [0, 0.05) is 30.9 Å². The monoisotopic (exact) mass is 562 g/mol. The van der Waals surface area contributed by atoms with E-state index in [4.69, 9.17) is 14.2 Å². The van der Waals surface area contributed by atoms with Crippen molar-refractivity contribution in [2.75, 3.05) is 33.0 Å². The van der Waals surface area contributed by atoms with Gasteiger partial charge in [-0.3, -0.25) is 9.59 Å². The zero-order valence-electron chi connectivity index (χ0n) is 22.6. The van der Waals surface area contributed by atoms with E-state index in [1.807, 2.05) is 37.3 Å². The van der Waals surface area contributed by atoms with Crippen molar-refractivity contribution in [1.82, 2.24) is 30.6 Å². The zero-order valence-corrected chi connectivity index (χ0v) is 22.6. The van der Waals surface area contributed by atoms with Crippen molar-refractivity contribution >= 4 is 11.8 Å². The normalized spacial score (nSPS) is 10.7. The SMILES string of the molecule is CCNC(=O)c1ccc(-n2cc(C(=O)NCc3ccnc(OCc4ccccc4)c3)nn2)c(OCCOCCF)c1. The molecule has 0 aliphatic carbocycles. The second-order valence-corrected chi connectivity index (χ2v) is 8.70. The number of amides is 2. The molecule has 41 heavy (non-hydrogen) atoms. The first-order chi connectivity index (χ1) is 20.1. The summed E-state index contributed by atoms with van der Waals surface area (Å²) in [5.41, 5.74) is 2.76. The third-order valence-corrected chi connectivity index (χ3v) is 5.72. The fraction of sp³-hybridized carbons (Fsp3) is 0.276. The van der Waals surface area contributed by atoms with E-state index in [1.165, 1.54) is 10.9 Å². The summed E-state index contributed by atoms with van der Waals surface area (Å²) in [7, 11) is 0. The lowest BCUT2D eigenvalue weighted by Crippen LogP contribution is -2.23. The molecule has 0 bridgehead atoms. The van der Waals surface area contributed by atoms with Gasteiger partial charge in [-0.15, -0.1) is 5.10 Å². The first kappa shape index (κ1) is 29.2. The Hall–Kier alpha value is -4.84. The van der Waals surface area contributed by atoms with Crippen LogP contribution in [0.4, 0.5) is 4.39 Å². The summed E-state index contributed by atoms with van der Waals surface area (Å²) < 4.78 is 30.4. The van der Waals surface area contributed by atoms with Gasteiger partial charge < -0.3 is 24.8 Å². The molecule has 0 fully saturated rings. The molecule has 0 radical (unpaired) electrons. The predicted octanol–water partition coefficient (Wildman–Crippen LogP) is 3.29. The maximum atomic E-state index is 12.8. The number of benzene rings is 2. The van der Waals surface area contributed by atoms with Gasteiger partial charge in [-0.25, -0.2) is 14.1 Å². The molecule has 2 N–H and O–H groups in total. The largest absolute Gasteiger partial charge is 0.489 e. The summed E-state index contributed by atoms with van der Waals surface area (Å²) in [4.78, 5) is 29.4. The Bertz CT molecular complexity index is 1430. The van der Waals surface area contributed by atoms with Crippen molar-refractivity contribution in [2.24, 2.45) is 0 Å². The van der Waals surface area contributed by atoms with Crippen molar-refractivity contribution in [3.63, 3.8) is 0 Å². The Kier molecular flexibility index (Phi) is 10.7. The number of aromatic nitrogens is 4. The molecule has 0 aliphatic rings. The lowest BCUT2D eigenvalue weighted by Gasteiger charge is -2.13. The Morgan fingerprint density at radius 1 is 0.927 bits per heavy atom. The van der Waals surface area contributed by atoms with Gasteiger partial charge in [-0.2, -0.15) is 0 Å². The molecule has 0 aliphatic heterocycles. The number of nitrogens with one attached hydrogen (secondary N) is 2. The van der Waals surface area contributed by atoms with Crippen LogP contribution in [0, 0.1) is 0 Å². The number of alkyl halides is 1. The van der Waals surface area contributed by atoms with E-state index < -0.39 is 12.6 Å². The molecule has 0 saturated heterocycles. The van der Waals surface area contributed by atoms with Crippen LogP contribution in [0.3, 0.4) is 0 Å². The Balaban J connectivity index is 1.40. The third kappa shape index (κ3) is 8.57. The molecule has 11 nitrogen and oxygen atoms in total. The van der Waals surface area contributed by atoms with Gasteiger partial charge >= 0.3 is 0 Å². The van der Waals surface area contributed by atoms with E-state index in [9.17, 15) is 14.0 Å². The van der Waals surface area contributed by atoms with E-state index in [0.29, 0.717) is 36.0 Å². The molecule has 12 heteroatoms. The van der Waals surface area contributed by atoms with Crippen LogP contribution in [-0.2, 0) is 17.9 Å². The highest BCUT2D eigenvalue weighted by molar-refractivity contribution is 5.95. The van der Waals surface area contributed by atoms with Gasteiger partial charge in [0.25, 0.3) is 11.8 Å². The van der Waals surface area contributed by atoms with Crippen molar-refractivity contribution in [2.45, 2.75) is 20.1 Å². The van der Waals surface area contributed by atoms with E-state index in [2.05, 4.69) is 25.9 Å².